The monoisotopic (exact) mass is 438 g/mol. The molecule has 0 bridgehead atoms. The van der Waals surface area contributed by atoms with E-state index in [2.05, 4.69) is 21.2 Å². The molecule has 2 N–H and O–H groups in total. The van der Waals surface area contributed by atoms with Crippen LogP contribution in [-0.4, -0.2) is 40.9 Å². The summed E-state index contributed by atoms with van der Waals surface area (Å²) in [7, 11) is 0. The third-order valence-corrected chi connectivity index (χ3v) is 5.29. The number of nitrogens with zero attached hydrogens (tertiary/aromatic N) is 1. The van der Waals surface area contributed by atoms with Gasteiger partial charge in [-0.05, 0) is 30.5 Å². The van der Waals surface area contributed by atoms with Crippen molar-refractivity contribution in [2.75, 3.05) is 13.1 Å². The second-order valence-corrected chi connectivity index (χ2v) is 8.94. The van der Waals surface area contributed by atoms with Crippen LogP contribution in [0.25, 0.3) is 0 Å². The van der Waals surface area contributed by atoms with Crippen LogP contribution in [-0.2, 0) is 14.4 Å². The van der Waals surface area contributed by atoms with Crippen LogP contribution in [0, 0.1) is 11.3 Å². The van der Waals surface area contributed by atoms with Gasteiger partial charge in [0, 0.05) is 28.9 Å². The fraction of sp³-hybridized carbons (Fsp3) is 0.550. The maximum atomic E-state index is 12.7. The Labute approximate surface area is 168 Å². The molecule has 2 rings (SSSR count). The molecule has 1 aromatic carbocycles. The number of nitrogens with one attached hydrogen (secondary N) is 1. The first-order valence-electron chi connectivity index (χ1n) is 9.15. The van der Waals surface area contributed by atoms with Gasteiger partial charge in [-0.3, -0.25) is 14.4 Å². The number of amides is 2. The zero-order valence-corrected chi connectivity index (χ0v) is 17.6. The van der Waals surface area contributed by atoms with E-state index >= 15 is 0 Å². The van der Waals surface area contributed by atoms with Crippen molar-refractivity contribution >= 4 is 33.7 Å². The van der Waals surface area contributed by atoms with Gasteiger partial charge >= 0.3 is 5.97 Å². The summed E-state index contributed by atoms with van der Waals surface area (Å²) in [6.07, 6.45) is 1.01. The molecule has 2 amide bonds. The Hall–Kier alpha value is -1.89. The molecule has 27 heavy (non-hydrogen) atoms. The van der Waals surface area contributed by atoms with Gasteiger partial charge in [0.1, 0.15) is 0 Å². The first kappa shape index (κ1) is 21.4. The predicted octanol–water partition coefficient (Wildman–Crippen LogP) is 3.37. The average molecular weight is 439 g/mol. The number of hydrogen-bond donors (Lipinski definition) is 2. The van der Waals surface area contributed by atoms with E-state index in [9.17, 15) is 19.5 Å². The molecule has 1 saturated heterocycles. The summed E-state index contributed by atoms with van der Waals surface area (Å²) in [5, 5.41) is 12.1. The summed E-state index contributed by atoms with van der Waals surface area (Å²) in [5.41, 5.74) is 0.331. The van der Waals surface area contributed by atoms with Crippen molar-refractivity contribution in [2.24, 2.45) is 11.3 Å². The quantitative estimate of drug-likeness (QED) is 0.737. The van der Waals surface area contributed by atoms with Crippen LogP contribution in [0.5, 0.6) is 0 Å². The smallest absolute Gasteiger partial charge is 0.305 e. The van der Waals surface area contributed by atoms with E-state index in [0.29, 0.717) is 25.9 Å². The van der Waals surface area contributed by atoms with Gasteiger partial charge in [0.25, 0.3) is 0 Å². The lowest BCUT2D eigenvalue weighted by molar-refractivity contribution is -0.143. The van der Waals surface area contributed by atoms with Crippen molar-refractivity contribution in [3.63, 3.8) is 0 Å². The van der Waals surface area contributed by atoms with Crippen LogP contribution in [0.2, 0.25) is 0 Å². The van der Waals surface area contributed by atoms with Gasteiger partial charge in [-0.1, -0.05) is 48.8 Å². The van der Waals surface area contributed by atoms with Crippen LogP contribution < -0.4 is 5.32 Å². The molecule has 1 aliphatic rings. The predicted molar refractivity (Wildman–Crippen MR) is 106 cm³/mol. The molecule has 1 atom stereocenters. The summed E-state index contributed by atoms with van der Waals surface area (Å²) in [6.45, 7) is 6.78. The second kappa shape index (κ2) is 8.87. The molecule has 1 heterocycles. The minimum atomic E-state index is -0.964. The minimum absolute atomic E-state index is 0.0972. The molecule has 148 valence electrons. The second-order valence-electron chi connectivity index (χ2n) is 8.03. The number of carboxylic acids is 1. The van der Waals surface area contributed by atoms with Crippen molar-refractivity contribution in [2.45, 2.75) is 46.1 Å². The number of carbonyl (C=O) groups is 3. The normalized spacial score (nSPS) is 16.7. The van der Waals surface area contributed by atoms with Crippen LogP contribution in [0.3, 0.4) is 0 Å². The highest BCUT2D eigenvalue weighted by Gasteiger charge is 2.33. The molecule has 6 nitrogen and oxygen atoms in total. The fourth-order valence-electron chi connectivity index (χ4n) is 3.23. The Morgan fingerprint density at radius 1 is 1.19 bits per heavy atom. The number of hydrogen-bond acceptors (Lipinski definition) is 3. The highest BCUT2D eigenvalue weighted by molar-refractivity contribution is 9.10. The highest BCUT2D eigenvalue weighted by atomic mass is 79.9. The summed E-state index contributed by atoms with van der Waals surface area (Å²) in [6, 6.07) is 6.70. The number of carbonyl (C=O) groups excluding carboxylic acids is 2. The zero-order valence-electron chi connectivity index (χ0n) is 16.0. The van der Waals surface area contributed by atoms with Gasteiger partial charge in [0.15, 0.2) is 0 Å². The first-order valence-corrected chi connectivity index (χ1v) is 9.94. The maximum Gasteiger partial charge on any atom is 0.305 e. The number of likely N-dealkylation sites (tertiary alicyclic amines) is 1. The van der Waals surface area contributed by atoms with Crippen LogP contribution in [0.15, 0.2) is 28.7 Å². The molecule has 1 aromatic rings. The molecule has 1 unspecified atom stereocenters. The van der Waals surface area contributed by atoms with E-state index in [0.717, 1.165) is 10.0 Å². The molecule has 0 spiro atoms. The first-order chi connectivity index (χ1) is 12.6. The van der Waals surface area contributed by atoms with Gasteiger partial charge in [0.05, 0.1) is 12.5 Å². The Kier molecular flexibility index (Phi) is 7.03. The van der Waals surface area contributed by atoms with E-state index < -0.39 is 17.4 Å². The van der Waals surface area contributed by atoms with Crippen molar-refractivity contribution < 1.29 is 19.5 Å². The van der Waals surface area contributed by atoms with Crippen molar-refractivity contribution in [1.82, 2.24) is 10.2 Å². The summed E-state index contributed by atoms with van der Waals surface area (Å²) in [5.74, 6) is -1.22. The maximum absolute atomic E-state index is 12.7. The van der Waals surface area contributed by atoms with Gasteiger partial charge in [-0.25, -0.2) is 0 Å². The summed E-state index contributed by atoms with van der Waals surface area (Å²) in [4.78, 5) is 38.1. The standard InChI is InChI=1S/C20H27BrN2O4/c1-20(2,3)19(27)23-10-8-14(9-11-23)18(26)22-16(12-17(24)25)13-4-6-15(21)7-5-13/h4-7,14,16H,8-12H2,1-3H3,(H,22,26)(H,24,25). The van der Waals surface area contributed by atoms with Gasteiger partial charge in [-0.15, -0.1) is 0 Å². The molecule has 7 heteroatoms. The van der Waals surface area contributed by atoms with E-state index in [-0.39, 0.29) is 24.2 Å². The molecule has 1 aliphatic heterocycles. The van der Waals surface area contributed by atoms with Crippen molar-refractivity contribution in [3.05, 3.63) is 34.3 Å². The number of benzene rings is 1. The Morgan fingerprint density at radius 2 is 1.74 bits per heavy atom. The number of piperidine rings is 1. The SMILES string of the molecule is CC(C)(C)C(=O)N1CCC(C(=O)NC(CC(=O)O)c2ccc(Br)cc2)CC1. The molecule has 0 aliphatic carbocycles. The number of aliphatic carboxylic acids is 1. The Balaban J connectivity index is 1.99. The Morgan fingerprint density at radius 3 is 2.22 bits per heavy atom. The molecule has 1 fully saturated rings. The Bertz CT molecular complexity index is 689. The van der Waals surface area contributed by atoms with Crippen LogP contribution in [0.4, 0.5) is 0 Å². The number of carboxylic acid groups (broad SMARTS) is 1. The molecule has 0 aromatic heterocycles. The topological polar surface area (TPSA) is 86.7 Å². The van der Waals surface area contributed by atoms with Gasteiger partial charge < -0.3 is 15.3 Å². The third kappa shape index (κ3) is 6.06. The van der Waals surface area contributed by atoms with E-state index in [4.69, 9.17) is 0 Å². The van der Waals surface area contributed by atoms with Crippen molar-refractivity contribution in [1.29, 1.82) is 0 Å². The summed E-state index contributed by atoms with van der Waals surface area (Å²) < 4.78 is 0.891. The highest BCUT2D eigenvalue weighted by Crippen LogP contribution is 2.25. The fourth-order valence-corrected chi connectivity index (χ4v) is 3.49. The largest absolute Gasteiger partial charge is 0.481 e. The van der Waals surface area contributed by atoms with Crippen LogP contribution in [0.1, 0.15) is 51.6 Å². The molecular weight excluding hydrogens is 412 g/mol. The van der Waals surface area contributed by atoms with Gasteiger partial charge in [0.2, 0.25) is 11.8 Å². The molecular formula is C20H27BrN2O4. The molecule has 0 saturated carbocycles. The van der Waals surface area contributed by atoms with E-state index in [1.165, 1.54) is 0 Å². The minimum Gasteiger partial charge on any atom is -0.481 e. The zero-order chi connectivity index (χ0) is 20.2. The average Bonchev–Trinajstić information content (AvgIpc) is 2.60. The lowest BCUT2D eigenvalue weighted by Crippen LogP contribution is -2.47. The van der Waals surface area contributed by atoms with E-state index in [1.807, 2.05) is 49.9 Å². The number of rotatable bonds is 5. The van der Waals surface area contributed by atoms with Crippen molar-refractivity contribution in [3.8, 4) is 0 Å². The lowest BCUT2D eigenvalue weighted by Gasteiger charge is -2.35. The van der Waals surface area contributed by atoms with E-state index in [1.54, 1.807) is 0 Å². The van der Waals surface area contributed by atoms with Gasteiger partial charge in [-0.2, -0.15) is 0 Å². The van der Waals surface area contributed by atoms with Crippen LogP contribution >= 0.6 is 15.9 Å². The third-order valence-electron chi connectivity index (χ3n) is 4.76. The molecule has 0 radical (unpaired) electrons. The number of halogens is 1. The lowest BCUT2D eigenvalue weighted by atomic mass is 9.90. The summed E-state index contributed by atoms with van der Waals surface area (Å²) >= 11 is 3.35.